The van der Waals surface area contributed by atoms with Crippen LogP contribution >= 0.6 is 0 Å². The van der Waals surface area contributed by atoms with Gasteiger partial charge in [-0.1, -0.05) is 30.3 Å². The van der Waals surface area contributed by atoms with Crippen molar-refractivity contribution in [1.29, 1.82) is 0 Å². The average molecular weight is 343 g/mol. The fourth-order valence-electron chi connectivity index (χ4n) is 3.48. The van der Waals surface area contributed by atoms with Crippen LogP contribution in [-0.2, 0) is 16.4 Å². The van der Waals surface area contributed by atoms with Gasteiger partial charge in [-0.3, -0.25) is 4.31 Å². The van der Waals surface area contributed by atoms with Gasteiger partial charge in [-0.2, -0.15) is 0 Å². The lowest BCUT2D eigenvalue weighted by Gasteiger charge is -2.20. The summed E-state index contributed by atoms with van der Waals surface area (Å²) in [5.74, 6) is -0.941. The van der Waals surface area contributed by atoms with E-state index in [2.05, 4.69) is 0 Å². The minimum Gasteiger partial charge on any atom is -0.478 e. The number of sulfonamides is 1. The quantitative estimate of drug-likeness (QED) is 0.926. The van der Waals surface area contributed by atoms with E-state index in [1.54, 1.807) is 12.1 Å². The van der Waals surface area contributed by atoms with Gasteiger partial charge in [0.25, 0.3) is 0 Å². The molecule has 2 aromatic carbocycles. The molecule has 124 valence electrons. The summed E-state index contributed by atoms with van der Waals surface area (Å²) in [5, 5.41) is 8.68. The number of fused-ring (bicyclic) bond motifs is 1. The van der Waals surface area contributed by atoms with E-state index >= 15 is 0 Å². The van der Waals surface area contributed by atoms with Gasteiger partial charge in [0.2, 0.25) is 10.0 Å². The van der Waals surface area contributed by atoms with Crippen molar-refractivity contribution in [2.24, 2.45) is 0 Å². The topological polar surface area (TPSA) is 74.7 Å². The molecule has 2 atom stereocenters. The van der Waals surface area contributed by atoms with Crippen LogP contribution in [0.2, 0.25) is 0 Å². The normalized spacial score (nSPS) is 22.2. The Hall–Kier alpha value is -2.34. The third kappa shape index (κ3) is 2.38. The van der Waals surface area contributed by atoms with E-state index < -0.39 is 16.0 Å². The molecule has 1 aliphatic heterocycles. The molecule has 1 N–H and O–H groups in total. The molecule has 0 amide bonds. The summed E-state index contributed by atoms with van der Waals surface area (Å²) in [5.41, 5.74) is 2.67. The monoisotopic (exact) mass is 343 g/mol. The van der Waals surface area contributed by atoms with Crippen LogP contribution in [0.3, 0.4) is 0 Å². The third-order valence-corrected chi connectivity index (χ3v) is 7.11. The van der Waals surface area contributed by atoms with Crippen molar-refractivity contribution in [3.8, 4) is 0 Å². The van der Waals surface area contributed by atoms with E-state index in [9.17, 15) is 13.2 Å². The summed E-state index contributed by atoms with van der Waals surface area (Å²) in [6.07, 6.45) is 1.20. The number of hydrogen-bond acceptors (Lipinski definition) is 3. The number of carbonyl (C=O) groups is 1. The van der Waals surface area contributed by atoms with Crippen LogP contribution in [-0.4, -0.2) is 31.3 Å². The molecule has 1 heterocycles. The second-order valence-corrected chi connectivity index (χ2v) is 8.38. The number of aromatic carboxylic acids is 1. The lowest BCUT2D eigenvalue weighted by atomic mass is 10.1. The molecule has 1 fully saturated rings. The second-order valence-electron chi connectivity index (χ2n) is 6.31. The number of carboxylic acid groups (broad SMARTS) is 1. The Morgan fingerprint density at radius 2 is 1.88 bits per heavy atom. The van der Waals surface area contributed by atoms with Gasteiger partial charge >= 0.3 is 5.97 Å². The van der Waals surface area contributed by atoms with Gasteiger partial charge in [0.1, 0.15) is 0 Å². The van der Waals surface area contributed by atoms with Gasteiger partial charge in [0.15, 0.2) is 0 Å². The zero-order valence-corrected chi connectivity index (χ0v) is 13.7. The number of anilines is 1. The molecule has 0 unspecified atom stereocenters. The Balaban J connectivity index is 1.61. The van der Waals surface area contributed by atoms with E-state index in [0.717, 1.165) is 11.1 Å². The molecule has 4 rings (SSSR count). The van der Waals surface area contributed by atoms with Crippen molar-refractivity contribution in [3.63, 3.8) is 0 Å². The highest BCUT2D eigenvalue weighted by molar-refractivity contribution is 7.93. The minimum atomic E-state index is -3.42. The van der Waals surface area contributed by atoms with Crippen LogP contribution < -0.4 is 4.31 Å². The van der Waals surface area contributed by atoms with Crippen molar-refractivity contribution in [2.75, 3.05) is 10.8 Å². The Labute approximate surface area is 140 Å². The van der Waals surface area contributed by atoms with Gasteiger partial charge in [-0.05, 0) is 42.2 Å². The summed E-state index contributed by atoms with van der Waals surface area (Å²) in [6.45, 7) is 0.388. The van der Waals surface area contributed by atoms with Crippen molar-refractivity contribution in [2.45, 2.75) is 24.0 Å². The van der Waals surface area contributed by atoms with Crippen LogP contribution in [0.4, 0.5) is 5.69 Å². The fraction of sp³-hybridized carbons (Fsp3) is 0.278. The Morgan fingerprint density at radius 3 is 2.58 bits per heavy atom. The molecule has 0 spiro atoms. The van der Waals surface area contributed by atoms with E-state index in [1.807, 2.05) is 30.3 Å². The molecule has 0 aromatic heterocycles. The van der Waals surface area contributed by atoms with Gasteiger partial charge in [0, 0.05) is 12.5 Å². The number of hydrogen-bond donors (Lipinski definition) is 1. The first-order chi connectivity index (χ1) is 11.5. The largest absolute Gasteiger partial charge is 0.478 e. The second kappa shape index (κ2) is 5.34. The number of nitrogens with zero attached hydrogens (tertiary/aromatic N) is 1. The summed E-state index contributed by atoms with van der Waals surface area (Å²) < 4.78 is 27.4. The van der Waals surface area contributed by atoms with E-state index in [0.29, 0.717) is 25.1 Å². The van der Waals surface area contributed by atoms with E-state index in [1.165, 1.54) is 10.4 Å². The smallest absolute Gasteiger partial charge is 0.335 e. The minimum absolute atomic E-state index is 0.0542. The molecule has 0 bridgehead atoms. The lowest BCUT2D eigenvalue weighted by molar-refractivity contribution is 0.0697. The zero-order chi connectivity index (χ0) is 16.9. The van der Waals surface area contributed by atoms with E-state index in [4.69, 9.17) is 5.11 Å². The van der Waals surface area contributed by atoms with Gasteiger partial charge in [0.05, 0.1) is 16.5 Å². The van der Waals surface area contributed by atoms with E-state index in [-0.39, 0.29) is 16.7 Å². The molecular formula is C18H17NO4S. The van der Waals surface area contributed by atoms with Crippen LogP contribution in [0.15, 0.2) is 48.5 Å². The van der Waals surface area contributed by atoms with Crippen LogP contribution in [0.25, 0.3) is 0 Å². The molecule has 24 heavy (non-hydrogen) atoms. The van der Waals surface area contributed by atoms with Crippen molar-refractivity contribution < 1.29 is 18.3 Å². The Kier molecular flexibility index (Phi) is 3.38. The molecule has 6 heteroatoms. The lowest BCUT2D eigenvalue weighted by Crippen LogP contribution is -2.32. The van der Waals surface area contributed by atoms with Crippen molar-refractivity contribution >= 4 is 21.7 Å². The first kappa shape index (κ1) is 15.2. The van der Waals surface area contributed by atoms with Crippen molar-refractivity contribution in [3.05, 3.63) is 65.2 Å². The number of rotatable bonds is 4. The predicted octanol–water partition coefficient (Wildman–Crippen LogP) is 2.63. The highest BCUT2D eigenvalue weighted by Gasteiger charge is 2.51. The molecule has 0 radical (unpaired) electrons. The maximum Gasteiger partial charge on any atom is 0.335 e. The van der Waals surface area contributed by atoms with Gasteiger partial charge < -0.3 is 5.11 Å². The summed E-state index contributed by atoms with van der Waals surface area (Å²) >= 11 is 0. The van der Waals surface area contributed by atoms with Gasteiger partial charge in [-0.25, -0.2) is 13.2 Å². The molecule has 0 saturated heterocycles. The van der Waals surface area contributed by atoms with Crippen LogP contribution in [0, 0.1) is 0 Å². The Bertz CT molecular complexity index is 908. The first-order valence-electron chi connectivity index (χ1n) is 7.91. The highest BCUT2D eigenvalue weighted by atomic mass is 32.2. The number of benzene rings is 2. The molecule has 2 aliphatic rings. The molecule has 1 aliphatic carbocycles. The summed E-state index contributed by atoms with van der Waals surface area (Å²) in [6, 6.07) is 14.4. The third-order valence-electron chi connectivity index (χ3n) is 4.83. The summed E-state index contributed by atoms with van der Waals surface area (Å²) in [7, 11) is -3.42. The Morgan fingerprint density at radius 1 is 1.12 bits per heavy atom. The predicted molar refractivity (Wildman–Crippen MR) is 91.0 cm³/mol. The molecular weight excluding hydrogens is 326 g/mol. The zero-order valence-electron chi connectivity index (χ0n) is 12.9. The fourth-order valence-corrected chi connectivity index (χ4v) is 5.63. The molecule has 2 aromatic rings. The van der Waals surface area contributed by atoms with Crippen LogP contribution in [0.5, 0.6) is 0 Å². The SMILES string of the molecule is O=C(O)c1ccc2c(c1)CCN2S(=O)(=O)[C@@H]1C[C@H]1c1ccccc1. The summed E-state index contributed by atoms with van der Waals surface area (Å²) in [4.78, 5) is 11.1. The molecule has 5 nitrogen and oxygen atoms in total. The maximum atomic E-state index is 13.0. The molecule has 1 saturated carbocycles. The van der Waals surface area contributed by atoms with Gasteiger partial charge in [-0.15, -0.1) is 0 Å². The first-order valence-corrected chi connectivity index (χ1v) is 9.41. The maximum absolute atomic E-state index is 13.0. The standard InChI is InChI=1S/C18H17NO4S/c20-18(21)14-6-7-16-13(10-14)8-9-19(16)24(22,23)17-11-15(17)12-4-2-1-3-5-12/h1-7,10,15,17H,8-9,11H2,(H,20,21)/t15-,17+/m0/s1. The number of carboxylic acids is 1. The average Bonchev–Trinajstić information content (AvgIpc) is 3.28. The van der Waals surface area contributed by atoms with Crippen molar-refractivity contribution in [1.82, 2.24) is 0 Å². The van der Waals surface area contributed by atoms with Crippen LogP contribution in [0.1, 0.15) is 33.8 Å². The highest BCUT2D eigenvalue weighted by Crippen LogP contribution is 2.48.